The number of hydrogen-bond acceptors (Lipinski definition) is 1. The van der Waals surface area contributed by atoms with Crippen LogP contribution in [0.1, 0.15) is 66.2 Å². The van der Waals surface area contributed by atoms with Crippen LogP contribution in [-0.2, 0) is 0 Å². The van der Waals surface area contributed by atoms with Crippen molar-refractivity contribution in [2.45, 2.75) is 72.3 Å². The second-order valence-corrected chi connectivity index (χ2v) is 6.31. The summed E-state index contributed by atoms with van der Waals surface area (Å²) in [7, 11) is 2.15. The molecule has 0 bridgehead atoms. The minimum atomic E-state index is 0.440. The van der Waals surface area contributed by atoms with Crippen molar-refractivity contribution >= 4 is 0 Å². The van der Waals surface area contributed by atoms with Gasteiger partial charge in [0.25, 0.3) is 0 Å². The first-order valence-electron chi connectivity index (χ1n) is 7.22. The summed E-state index contributed by atoms with van der Waals surface area (Å²) in [6.07, 6.45) is 8.44. The van der Waals surface area contributed by atoms with Crippen molar-refractivity contribution < 1.29 is 0 Å². The van der Waals surface area contributed by atoms with Crippen LogP contribution in [0.2, 0.25) is 0 Å². The molecule has 0 aromatic carbocycles. The Labute approximate surface area is 102 Å². The Kier molecular flexibility index (Phi) is 5.30. The van der Waals surface area contributed by atoms with Gasteiger partial charge in [-0.15, -0.1) is 0 Å². The second-order valence-electron chi connectivity index (χ2n) is 6.31. The molecule has 1 rings (SSSR count). The predicted octanol–water partition coefficient (Wildman–Crippen LogP) is 4.23. The predicted molar refractivity (Wildman–Crippen MR) is 72.7 cm³/mol. The second kappa shape index (κ2) is 6.05. The first kappa shape index (κ1) is 14.0. The molecule has 0 aromatic heterocycles. The molecular weight excluding hydrogens is 194 g/mol. The normalized spacial score (nSPS) is 29.1. The third-order valence-corrected chi connectivity index (χ3v) is 4.94. The largest absolute Gasteiger partial charge is 0.316 e. The highest BCUT2D eigenvalue weighted by Crippen LogP contribution is 2.39. The monoisotopic (exact) mass is 225 g/mol. The fraction of sp³-hybridized carbons (Fsp3) is 1.00. The molecule has 1 heteroatoms. The minimum Gasteiger partial charge on any atom is -0.316 e. The molecule has 0 amide bonds. The Morgan fingerprint density at radius 2 is 1.94 bits per heavy atom. The highest BCUT2D eigenvalue weighted by atomic mass is 14.9. The lowest BCUT2D eigenvalue weighted by Gasteiger charge is -2.42. The molecule has 3 atom stereocenters. The molecule has 0 radical (unpaired) electrons. The Bertz CT molecular complexity index is 198. The van der Waals surface area contributed by atoms with Crippen LogP contribution in [-0.4, -0.2) is 13.1 Å². The summed E-state index contributed by atoms with van der Waals surface area (Å²) >= 11 is 0. The van der Waals surface area contributed by atoms with Gasteiger partial charge >= 0.3 is 0 Å². The first-order valence-corrected chi connectivity index (χ1v) is 7.22. The van der Waals surface area contributed by atoms with E-state index < -0.39 is 0 Å². The van der Waals surface area contributed by atoms with E-state index in [2.05, 4.69) is 40.1 Å². The SMILES string of the molecule is CCC1CCCC(C(NC)C(C)(C)CC)C1. The van der Waals surface area contributed by atoms with Crippen LogP contribution in [0.4, 0.5) is 0 Å². The van der Waals surface area contributed by atoms with Gasteiger partial charge in [-0.25, -0.2) is 0 Å². The molecule has 1 aliphatic carbocycles. The lowest BCUT2D eigenvalue weighted by atomic mass is 9.68. The molecule has 96 valence electrons. The summed E-state index contributed by atoms with van der Waals surface area (Å²) in [5, 5.41) is 3.61. The summed E-state index contributed by atoms with van der Waals surface area (Å²) in [6, 6.07) is 0.701. The van der Waals surface area contributed by atoms with E-state index in [4.69, 9.17) is 0 Å². The molecule has 1 nitrogen and oxygen atoms in total. The fourth-order valence-electron chi connectivity index (χ4n) is 3.49. The van der Waals surface area contributed by atoms with Crippen molar-refractivity contribution in [2.75, 3.05) is 7.05 Å². The average Bonchev–Trinajstić information content (AvgIpc) is 2.30. The summed E-state index contributed by atoms with van der Waals surface area (Å²) in [4.78, 5) is 0. The Morgan fingerprint density at radius 1 is 1.25 bits per heavy atom. The summed E-state index contributed by atoms with van der Waals surface area (Å²) in [6.45, 7) is 9.52. The first-order chi connectivity index (χ1) is 7.55. The molecule has 16 heavy (non-hydrogen) atoms. The van der Waals surface area contributed by atoms with E-state index in [1.807, 2.05) is 0 Å². The third-order valence-electron chi connectivity index (χ3n) is 4.94. The van der Waals surface area contributed by atoms with Crippen LogP contribution in [0.25, 0.3) is 0 Å². The number of nitrogens with one attached hydrogen (secondary N) is 1. The molecule has 1 aliphatic rings. The van der Waals surface area contributed by atoms with Gasteiger partial charge in [0.1, 0.15) is 0 Å². The highest BCUT2D eigenvalue weighted by Gasteiger charge is 2.35. The average molecular weight is 225 g/mol. The van der Waals surface area contributed by atoms with Gasteiger partial charge < -0.3 is 5.32 Å². The van der Waals surface area contributed by atoms with Crippen LogP contribution in [0.15, 0.2) is 0 Å². The van der Waals surface area contributed by atoms with Gasteiger partial charge in [-0.05, 0) is 43.6 Å². The quantitative estimate of drug-likeness (QED) is 0.738. The van der Waals surface area contributed by atoms with E-state index in [0.29, 0.717) is 11.5 Å². The maximum Gasteiger partial charge on any atom is 0.0143 e. The molecule has 0 saturated heterocycles. The lowest BCUT2D eigenvalue weighted by Crippen LogP contribution is -2.46. The van der Waals surface area contributed by atoms with Gasteiger partial charge in [-0.2, -0.15) is 0 Å². The topological polar surface area (TPSA) is 12.0 Å². The van der Waals surface area contributed by atoms with Crippen LogP contribution in [0.3, 0.4) is 0 Å². The van der Waals surface area contributed by atoms with Crippen molar-refractivity contribution in [3.05, 3.63) is 0 Å². The molecular formula is C15H31N. The van der Waals surface area contributed by atoms with Gasteiger partial charge in [-0.1, -0.05) is 47.0 Å². The van der Waals surface area contributed by atoms with Crippen LogP contribution in [0, 0.1) is 17.3 Å². The molecule has 0 aliphatic heterocycles. The maximum absolute atomic E-state index is 3.61. The number of hydrogen-bond donors (Lipinski definition) is 1. The smallest absolute Gasteiger partial charge is 0.0143 e. The summed E-state index contributed by atoms with van der Waals surface area (Å²) in [5.74, 6) is 1.89. The van der Waals surface area contributed by atoms with E-state index in [1.54, 1.807) is 0 Å². The molecule has 3 unspecified atom stereocenters. The van der Waals surface area contributed by atoms with Gasteiger partial charge in [0.2, 0.25) is 0 Å². The van der Waals surface area contributed by atoms with E-state index in [9.17, 15) is 0 Å². The molecule has 0 aromatic rings. The Hall–Kier alpha value is -0.0400. The summed E-state index contributed by atoms with van der Waals surface area (Å²) in [5.41, 5.74) is 0.440. The van der Waals surface area contributed by atoms with Crippen molar-refractivity contribution in [1.29, 1.82) is 0 Å². The molecule has 0 spiro atoms. The van der Waals surface area contributed by atoms with Crippen molar-refractivity contribution in [3.63, 3.8) is 0 Å². The zero-order chi connectivity index (χ0) is 12.2. The maximum atomic E-state index is 3.61. The fourth-order valence-corrected chi connectivity index (χ4v) is 3.49. The zero-order valence-electron chi connectivity index (χ0n) is 12.0. The van der Waals surface area contributed by atoms with Crippen molar-refractivity contribution in [1.82, 2.24) is 5.32 Å². The number of rotatable bonds is 5. The Balaban J connectivity index is 2.65. The summed E-state index contributed by atoms with van der Waals surface area (Å²) < 4.78 is 0. The Morgan fingerprint density at radius 3 is 2.44 bits per heavy atom. The van der Waals surface area contributed by atoms with Gasteiger partial charge in [0.05, 0.1) is 0 Å². The van der Waals surface area contributed by atoms with Crippen LogP contribution < -0.4 is 5.32 Å². The zero-order valence-corrected chi connectivity index (χ0v) is 12.0. The standard InChI is InChI=1S/C15H31N/c1-6-12-9-8-10-13(11-12)14(16-5)15(3,4)7-2/h12-14,16H,6-11H2,1-5H3. The van der Waals surface area contributed by atoms with Crippen LogP contribution in [0.5, 0.6) is 0 Å². The molecule has 1 saturated carbocycles. The van der Waals surface area contributed by atoms with E-state index in [0.717, 1.165) is 11.8 Å². The van der Waals surface area contributed by atoms with E-state index >= 15 is 0 Å². The van der Waals surface area contributed by atoms with E-state index in [-0.39, 0.29) is 0 Å². The van der Waals surface area contributed by atoms with E-state index in [1.165, 1.54) is 38.5 Å². The molecule has 0 heterocycles. The molecule has 1 fully saturated rings. The highest BCUT2D eigenvalue weighted by molar-refractivity contribution is 4.90. The van der Waals surface area contributed by atoms with Crippen molar-refractivity contribution in [2.24, 2.45) is 17.3 Å². The molecule has 1 N–H and O–H groups in total. The van der Waals surface area contributed by atoms with Gasteiger partial charge in [0.15, 0.2) is 0 Å². The van der Waals surface area contributed by atoms with Gasteiger partial charge in [-0.3, -0.25) is 0 Å². The van der Waals surface area contributed by atoms with Gasteiger partial charge in [0, 0.05) is 6.04 Å². The third kappa shape index (κ3) is 3.23. The minimum absolute atomic E-state index is 0.440. The van der Waals surface area contributed by atoms with Crippen molar-refractivity contribution in [3.8, 4) is 0 Å². The lowest BCUT2D eigenvalue weighted by molar-refractivity contribution is 0.122. The van der Waals surface area contributed by atoms with Crippen LogP contribution >= 0.6 is 0 Å².